The minimum absolute atomic E-state index is 0.667. The maximum absolute atomic E-state index is 9.08. The minimum Gasteiger partial charge on any atom is -0.456 e. The SMILES string of the molecule is Cc1ccc2c(c1)oc1cccc(C#N)c12. The van der Waals surface area contributed by atoms with Crippen LogP contribution in [0.4, 0.5) is 0 Å². The van der Waals surface area contributed by atoms with Crippen molar-refractivity contribution in [2.75, 3.05) is 0 Å². The zero-order valence-corrected chi connectivity index (χ0v) is 8.82. The highest BCUT2D eigenvalue weighted by atomic mass is 16.3. The van der Waals surface area contributed by atoms with Gasteiger partial charge in [0.05, 0.1) is 11.6 Å². The maximum Gasteiger partial charge on any atom is 0.136 e. The summed E-state index contributed by atoms with van der Waals surface area (Å²) in [6.07, 6.45) is 0. The minimum atomic E-state index is 0.667. The highest BCUT2D eigenvalue weighted by Gasteiger charge is 2.10. The molecule has 2 heteroatoms. The molecule has 0 radical (unpaired) electrons. The second-order valence-corrected chi connectivity index (χ2v) is 3.89. The molecule has 16 heavy (non-hydrogen) atoms. The van der Waals surface area contributed by atoms with E-state index in [1.165, 1.54) is 0 Å². The van der Waals surface area contributed by atoms with Crippen LogP contribution in [0.1, 0.15) is 11.1 Å². The summed E-state index contributed by atoms with van der Waals surface area (Å²) in [6, 6.07) is 13.8. The number of benzene rings is 2. The van der Waals surface area contributed by atoms with Gasteiger partial charge in [0.15, 0.2) is 0 Å². The van der Waals surface area contributed by atoms with Crippen LogP contribution >= 0.6 is 0 Å². The molecule has 1 aromatic heterocycles. The maximum atomic E-state index is 9.08. The van der Waals surface area contributed by atoms with Gasteiger partial charge in [-0.05, 0) is 30.7 Å². The summed E-state index contributed by atoms with van der Waals surface area (Å²) in [5.74, 6) is 0. The van der Waals surface area contributed by atoms with Crippen molar-refractivity contribution >= 4 is 21.9 Å². The third kappa shape index (κ3) is 1.12. The molecular weight excluding hydrogens is 198 g/mol. The summed E-state index contributed by atoms with van der Waals surface area (Å²) in [5, 5.41) is 11.0. The molecule has 0 spiro atoms. The van der Waals surface area contributed by atoms with Crippen molar-refractivity contribution in [3.8, 4) is 6.07 Å². The fourth-order valence-corrected chi connectivity index (χ4v) is 2.03. The van der Waals surface area contributed by atoms with Crippen molar-refractivity contribution in [2.45, 2.75) is 6.92 Å². The van der Waals surface area contributed by atoms with Crippen molar-refractivity contribution < 1.29 is 4.42 Å². The van der Waals surface area contributed by atoms with Gasteiger partial charge in [0.1, 0.15) is 11.2 Å². The number of rotatable bonds is 0. The first kappa shape index (κ1) is 8.99. The van der Waals surface area contributed by atoms with Crippen molar-refractivity contribution in [3.05, 3.63) is 47.5 Å². The first-order valence-electron chi connectivity index (χ1n) is 5.11. The van der Waals surface area contributed by atoms with E-state index in [1.54, 1.807) is 0 Å². The van der Waals surface area contributed by atoms with E-state index in [2.05, 4.69) is 6.07 Å². The Morgan fingerprint density at radius 2 is 2.00 bits per heavy atom. The lowest BCUT2D eigenvalue weighted by Gasteiger charge is -1.92. The second kappa shape index (κ2) is 3.11. The number of hydrogen-bond donors (Lipinski definition) is 0. The van der Waals surface area contributed by atoms with Crippen molar-refractivity contribution in [3.63, 3.8) is 0 Å². The van der Waals surface area contributed by atoms with Crippen LogP contribution in [0.5, 0.6) is 0 Å². The zero-order valence-electron chi connectivity index (χ0n) is 8.82. The predicted octanol–water partition coefficient (Wildman–Crippen LogP) is 3.77. The molecule has 0 aliphatic heterocycles. The number of nitriles is 1. The average Bonchev–Trinajstić information content (AvgIpc) is 2.65. The molecule has 0 atom stereocenters. The number of fused-ring (bicyclic) bond motifs is 3. The van der Waals surface area contributed by atoms with Gasteiger partial charge in [-0.15, -0.1) is 0 Å². The summed E-state index contributed by atoms with van der Waals surface area (Å²) in [7, 11) is 0. The predicted molar refractivity (Wildman–Crippen MR) is 63.2 cm³/mol. The third-order valence-corrected chi connectivity index (χ3v) is 2.77. The van der Waals surface area contributed by atoms with E-state index in [-0.39, 0.29) is 0 Å². The molecule has 0 bridgehead atoms. The molecular formula is C14H9NO. The van der Waals surface area contributed by atoms with E-state index < -0.39 is 0 Å². The van der Waals surface area contributed by atoms with Crippen LogP contribution in [-0.2, 0) is 0 Å². The van der Waals surface area contributed by atoms with Crippen LogP contribution < -0.4 is 0 Å². The quantitative estimate of drug-likeness (QED) is 0.562. The lowest BCUT2D eigenvalue weighted by molar-refractivity contribution is 0.668. The number of hydrogen-bond acceptors (Lipinski definition) is 2. The standard InChI is InChI=1S/C14H9NO/c1-9-5-6-11-13(7-9)16-12-4-2-3-10(8-15)14(11)12/h2-7H,1H3. The largest absolute Gasteiger partial charge is 0.456 e. The number of furan rings is 1. The van der Waals surface area contributed by atoms with Crippen LogP contribution in [0.15, 0.2) is 40.8 Å². The Balaban J connectivity index is 2.58. The van der Waals surface area contributed by atoms with Gasteiger partial charge in [0.25, 0.3) is 0 Å². The van der Waals surface area contributed by atoms with E-state index >= 15 is 0 Å². The first-order valence-corrected chi connectivity index (χ1v) is 5.11. The topological polar surface area (TPSA) is 36.9 Å². The number of nitrogens with zero attached hydrogens (tertiary/aromatic N) is 1. The normalized spacial score (nSPS) is 10.8. The van der Waals surface area contributed by atoms with Gasteiger partial charge in [-0.3, -0.25) is 0 Å². The highest BCUT2D eigenvalue weighted by molar-refractivity contribution is 6.07. The molecule has 0 unspecified atom stereocenters. The summed E-state index contributed by atoms with van der Waals surface area (Å²) in [4.78, 5) is 0. The fourth-order valence-electron chi connectivity index (χ4n) is 2.03. The van der Waals surface area contributed by atoms with Crippen LogP contribution in [0.25, 0.3) is 21.9 Å². The van der Waals surface area contributed by atoms with Crippen molar-refractivity contribution in [1.29, 1.82) is 5.26 Å². The zero-order chi connectivity index (χ0) is 11.1. The van der Waals surface area contributed by atoms with Crippen LogP contribution in [0, 0.1) is 18.3 Å². The first-order chi connectivity index (χ1) is 7.79. The molecule has 1 heterocycles. The molecule has 3 rings (SSSR count). The molecule has 0 aliphatic carbocycles. The molecule has 76 valence electrons. The third-order valence-electron chi connectivity index (χ3n) is 2.77. The Hall–Kier alpha value is -2.27. The van der Waals surface area contributed by atoms with Crippen molar-refractivity contribution in [1.82, 2.24) is 0 Å². The van der Waals surface area contributed by atoms with Gasteiger partial charge in [-0.25, -0.2) is 0 Å². The summed E-state index contributed by atoms with van der Waals surface area (Å²) in [5.41, 5.74) is 3.45. The fraction of sp³-hybridized carbons (Fsp3) is 0.0714. The van der Waals surface area contributed by atoms with Gasteiger partial charge >= 0.3 is 0 Å². The molecule has 2 aromatic carbocycles. The monoisotopic (exact) mass is 207 g/mol. The Kier molecular flexibility index (Phi) is 1.75. The van der Waals surface area contributed by atoms with Gasteiger partial charge in [-0.2, -0.15) is 5.26 Å². The smallest absolute Gasteiger partial charge is 0.136 e. The van der Waals surface area contributed by atoms with Gasteiger partial charge in [0, 0.05) is 10.8 Å². The molecule has 2 nitrogen and oxygen atoms in total. The lowest BCUT2D eigenvalue weighted by atomic mass is 10.1. The van der Waals surface area contributed by atoms with E-state index in [4.69, 9.17) is 9.68 Å². The second-order valence-electron chi connectivity index (χ2n) is 3.89. The highest BCUT2D eigenvalue weighted by Crippen LogP contribution is 2.31. The molecule has 0 saturated carbocycles. The van der Waals surface area contributed by atoms with Gasteiger partial charge in [0.2, 0.25) is 0 Å². The summed E-state index contributed by atoms with van der Waals surface area (Å²) < 4.78 is 5.72. The Bertz CT molecular complexity index is 731. The lowest BCUT2D eigenvalue weighted by Crippen LogP contribution is -1.75. The number of aryl methyl sites for hydroxylation is 1. The molecule has 0 aliphatic rings. The van der Waals surface area contributed by atoms with Crippen LogP contribution in [0.2, 0.25) is 0 Å². The Morgan fingerprint density at radius 3 is 2.81 bits per heavy atom. The Morgan fingerprint density at radius 1 is 1.12 bits per heavy atom. The average molecular weight is 207 g/mol. The van der Waals surface area contributed by atoms with E-state index in [9.17, 15) is 0 Å². The van der Waals surface area contributed by atoms with Gasteiger partial charge in [-0.1, -0.05) is 18.2 Å². The summed E-state index contributed by atoms with van der Waals surface area (Å²) >= 11 is 0. The van der Waals surface area contributed by atoms with Crippen LogP contribution in [0.3, 0.4) is 0 Å². The van der Waals surface area contributed by atoms with E-state index in [1.807, 2.05) is 43.3 Å². The molecule has 0 saturated heterocycles. The molecule has 3 aromatic rings. The van der Waals surface area contributed by atoms with E-state index in [0.29, 0.717) is 5.56 Å². The Labute approximate surface area is 92.7 Å². The van der Waals surface area contributed by atoms with Crippen molar-refractivity contribution in [2.24, 2.45) is 0 Å². The molecule has 0 amide bonds. The molecule has 0 fully saturated rings. The van der Waals surface area contributed by atoms with Gasteiger partial charge < -0.3 is 4.42 Å². The van der Waals surface area contributed by atoms with Crippen LogP contribution in [-0.4, -0.2) is 0 Å². The summed E-state index contributed by atoms with van der Waals surface area (Å²) in [6.45, 7) is 2.03. The molecule has 0 N–H and O–H groups in total. The van der Waals surface area contributed by atoms with E-state index in [0.717, 1.165) is 27.5 Å².